The average Bonchev–Trinajstić information content (AvgIpc) is 3.09. The molecule has 0 saturated carbocycles. The summed E-state index contributed by atoms with van der Waals surface area (Å²) in [5.41, 5.74) is 0.580. The smallest absolute Gasteiger partial charge is 0.311 e. The molecule has 28 heavy (non-hydrogen) atoms. The molecule has 1 spiro atoms. The summed E-state index contributed by atoms with van der Waals surface area (Å²) in [5, 5.41) is 18.0. The van der Waals surface area contributed by atoms with Crippen molar-refractivity contribution in [2.24, 2.45) is 5.41 Å². The van der Waals surface area contributed by atoms with Crippen molar-refractivity contribution >= 4 is 5.91 Å². The highest BCUT2D eigenvalue weighted by molar-refractivity contribution is 5.89. The number of aliphatic hydroxyl groups is 1. The molecular formula is C20H25FN4O3. The highest BCUT2D eigenvalue weighted by atomic mass is 19.1. The van der Waals surface area contributed by atoms with Crippen molar-refractivity contribution < 1.29 is 18.7 Å². The maximum atomic E-state index is 14.0. The molecule has 2 fully saturated rings. The van der Waals surface area contributed by atoms with E-state index in [-0.39, 0.29) is 23.0 Å². The van der Waals surface area contributed by atoms with Crippen LogP contribution in [0.2, 0.25) is 0 Å². The Balaban J connectivity index is 1.41. The first kappa shape index (κ1) is 19.0. The molecule has 2 saturated heterocycles. The van der Waals surface area contributed by atoms with E-state index in [4.69, 9.17) is 4.42 Å². The summed E-state index contributed by atoms with van der Waals surface area (Å²) in [7, 11) is 0. The van der Waals surface area contributed by atoms with E-state index in [1.165, 1.54) is 6.07 Å². The minimum Gasteiger partial charge on any atom is -0.417 e. The number of aromatic nitrogens is 2. The topological polar surface area (TPSA) is 82.7 Å². The molecule has 1 aromatic heterocycles. The Bertz CT molecular complexity index is 847. The van der Waals surface area contributed by atoms with Crippen LogP contribution in [0.15, 0.2) is 28.7 Å². The molecule has 0 bridgehead atoms. The molecule has 1 aromatic carbocycles. The van der Waals surface area contributed by atoms with E-state index in [0.29, 0.717) is 44.1 Å². The first-order valence-corrected chi connectivity index (χ1v) is 9.67. The molecule has 0 aliphatic carbocycles. The molecular weight excluding hydrogens is 363 g/mol. The van der Waals surface area contributed by atoms with Gasteiger partial charge in [-0.2, -0.15) is 0 Å². The summed E-state index contributed by atoms with van der Waals surface area (Å²) in [6, 6.07) is 6.77. The van der Waals surface area contributed by atoms with E-state index in [1.54, 1.807) is 24.0 Å². The van der Waals surface area contributed by atoms with Gasteiger partial charge in [0.1, 0.15) is 5.82 Å². The lowest BCUT2D eigenvalue weighted by molar-refractivity contribution is -0.0410. The number of likely N-dealkylation sites (tertiary alicyclic amines) is 2. The number of benzene rings is 1. The maximum absolute atomic E-state index is 14.0. The molecule has 2 aliphatic rings. The SMILES string of the molecule is Cc1nnc(C(=O)N2CCC3(CC2)CC(O)CN(Cc2ccccc2F)C3)o1. The second-order valence-corrected chi connectivity index (χ2v) is 8.04. The molecule has 1 atom stereocenters. The van der Waals surface area contributed by atoms with Gasteiger partial charge < -0.3 is 14.4 Å². The number of rotatable bonds is 3. The first-order valence-electron chi connectivity index (χ1n) is 9.67. The Morgan fingerprint density at radius 2 is 2.07 bits per heavy atom. The largest absolute Gasteiger partial charge is 0.417 e. The number of hydrogen-bond acceptors (Lipinski definition) is 6. The third kappa shape index (κ3) is 3.93. The van der Waals surface area contributed by atoms with Crippen molar-refractivity contribution in [2.45, 2.75) is 38.8 Å². The Morgan fingerprint density at radius 1 is 1.32 bits per heavy atom. The van der Waals surface area contributed by atoms with Crippen molar-refractivity contribution in [2.75, 3.05) is 26.2 Å². The normalized spacial score (nSPS) is 22.5. The van der Waals surface area contributed by atoms with Crippen LogP contribution in [0.25, 0.3) is 0 Å². The van der Waals surface area contributed by atoms with Gasteiger partial charge in [-0.1, -0.05) is 18.2 Å². The summed E-state index contributed by atoms with van der Waals surface area (Å²) in [5.74, 6) is -0.0590. The summed E-state index contributed by atoms with van der Waals surface area (Å²) < 4.78 is 19.3. The van der Waals surface area contributed by atoms with E-state index in [0.717, 1.165) is 19.4 Å². The van der Waals surface area contributed by atoms with Gasteiger partial charge >= 0.3 is 11.8 Å². The Kier molecular flexibility index (Phi) is 5.16. The fourth-order valence-electron chi connectivity index (χ4n) is 4.52. The Morgan fingerprint density at radius 3 is 2.75 bits per heavy atom. The van der Waals surface area contributed by atoms with Gasteiger partial charge in [0.05, 0.1) is 6.10 Å². The number of piperidine rings is 2. The highest BCUT2D eigenvalue weighted by Gasteiger charge is 2.42. The number of hydrogen-bond donors (Lipinski definition) is 1. The zero-order valence-electron chi connectivity index (χ0n) is 16.0. The van der Waals surface area contributed by atoms with E-state index < -0.39 is 6.10 Å². The third-order valence-corrected chi connectivity index (χ3v) is 5.87. The fourth-order valence-corrected chi connectivity index (χ4v) is 4.52. The van der Waals surface area contributed by atoms with E-state index in [1.807, 2.05) is 6.07 Å². The maximum Gasteiger partial charge on any atom is 0.311 e. The molecule has 150 valence electrons. The lowest BCUT2D eigenvalue weighted by Gasteiger charge is -2.49. The quantitative estimate of drug-likeness (QED) is 0.866. The number of carbonyl (C=O) groups excluding carboxylic acids is 1. The predicted octanol–water partition coefficient (Wildman–Crippen LogP) is 2.01. The second-order valence-electron chi connectivity index (χ2n) is 8.04. The summed E-state index contributed by atoms with van der Waals surface area (Å²) in [6.45, 7) is 4.64. The Labute approximate surface area is 163 Å². The van der Waals surface area contributed by atoms with Gasteiger partial charge in [-0.3, -0.25) is 9.69 Å². The standard InChI is InChI=1S/C20H25FN4O3/c1-14-22-23-18(28-14)19(27)25-8-6-20(7-9-25)10-16(26)12-24(13-20)11-15-4-2-3-5-17(15)21/h2-5,16,26H,6-13H2,1H3. The third-order valence-electron chi connectivity index (χ3n) is 5.87. The fraction of sp³-hybridized carbons (Fsp3) is 0.550. The summed E-state index contributed by atoms with van der Waals surface area (Å²) in [6.07, 6.45) is 1.84. The van der Waals surface area contributed by atoms with Crippen molar-refractivity contribution in [3.63, 3.8) is 0 Å². The summed E-state index contributed by atoms with van der Waals surface area (Å²) in [4.78, 5) is 16.4. The van der Waals surface area contributed by atoms with Crippen LogP contribution in [-0.2, 0) is 6.54 Å². The van der Waals surface area contributed by atoms with Crippen molar-refractivity contribution in [1.82, 2.24) is 20.0 Å². The Hall–Kier alpha value is -2.32. The van der Waals surface area contributed by atoms with Crippen molar-refractivity contribution in [3.8, 4) is 0 Å². The van der Waals surface area contributed by atoms with Crippen LogP contribution < -0.4 is 0 Å². The lowest BCUT2D eigenvalue weighted by atomic mass is 9.71. The van der Waals surface area contributed by atoms with Crippen LogP contribution in [0.4, 0.5) is 4.39 Å². The average molecular weight is 388 g/mol. The number of aryl methyl sites for hydroxylation is 1. The number of amides is 1. The molecule has 2 aliphatic heterocycles. The minimum absolute atomic E-state index is 0.0262. The molecule has 1 amide bonds. The van der Waals surface area contributed by atoms with Gasteiger partial charge in [0.2, 0.25) is 5.89 Å². The van der Waals surface area contributed by atoms with E-state index in [9.17, 15) is 14.3 Å². The van der Waals surface area contributed by atoms with Crippen LogP contribution in [0, 0.1) is 18.2 Å². The van der Waals surface area contributed by atoms with Crippen molar-refractivity contribution in [3.05, 3.63) is 47.4 Å². The summed E-state index contributed by atoms with van der Waals surface area (Å²) >= 11 is 0. The molecule has 1 N–H and O–H groups in total. The zero-order chi connectivity index (χ0) is 19.7. The molecule has 0 radical (unpaired) electrons. The van der Waals surface area contributed by atoms with Crippen LogP contribution >= 0.6 is 0 Å². The monoisotopic (exact) mass is 388 g/mol. The predicted molar refractivity (Wildman–Crippen MR) is 98.9 cm³/mol. The van der Waals surface area contributed by atoms with Crippen molar-refractivity contribution in [1.29, 1.82) is 0 Å². The number of β-amino-alcohol motifs (C(OH)–C–C–N with tert-alkyl or cyclic N) is 1. The molecule has 4 rings (SSSR count). The minimum atomic E-state index is -0.443. The number of aliphatic hydroxyl groups excluding tert-OH is 1. The van der Waals surface area contributed by atoms with Gasteiger partial charge in [0, 0.05) is 45.2 Å². The molecule has 8 heteroatoms. The van der Waals surface area contributed by atoms with Crippen LogP contribution in [-0.4, -0.2) is 63.3 Å². The molecule has 7 nitrogen and oxygen atoms in total. The van der Waals surface area contributed by atoms with Gasteiger partial charge in [-0.05, 0) is 30.7 Å². The lowest BCUT2D eigenvalue weighted by Crippen LogP contribution is -2.54. The van der Waals surface area contributed by atoms with Gasteiger partial charge in [-0.25, -0.2) is 4.39 Å². The number of nitrogens with zero attached hydrogens (tertiary/aromatic N) is 4. The van der Waals surface area contributed by atoms with Gasteiger partial charge in [0.15, 0.2) is 0 Å². The number of halogens is 1. The molecule has 1 unspecified atom stereocenters. The van der Waals surface area contributed by atoms with Crippen LogP contribution in [0.1, 0.15) is 41.4 Å². The number of carbonyl (C=O) groups is 1. The second kappa shape index (κ2) is 7.60. The zero-order valence-corrected chi connectivity index (χ0v) is 16.0. The molecule has 2 aromatic rings. The van der Waals surface area contributed by atoms with Crippen LogP contribution in [0.3, 0.4) is 0 Å². The first-order chi connectivity index (χ1) is 13.4. The van der Waals surface area contributed by atoms with E-state index in [2.05, 4.69) is 15.1 Å². The van der Waals surface area contributed by atoms with Crippen LogP contribution in [0.5, 0.6) is 0 Å². The van der Waals surface area contributed by atoms with Gasteiger partial charge in [0.25, 0.3) is 0 Å². The molecule has 3 heterocycles. The van der Waals surface area contributed by atoms with E-state index >= 15 is 0 Å². The highest BCUT2D eigenvalue weighted by Crippen LogP contribution is 2.40. The van der Waals surface area contributed by atoms with Gasteiger partial charge in [-0.15, -0.1) is 10.2 Å².